The molecule has 1 aliphatic rings. The van der Waals surface area contributed by atoms with Gasteiger partial charge in [0, 0.05) is 25.0 Å². The number of thiocarbonyl (C=S) groups is 1. The van der Waals surface area contributed by atoms with Crippen LogP contribution >= 0.6 is 35.6 Å². The molecule has 10 heteroatoms. The highest BCUT2D eigenvalue weighted by atomic mass is 35.5. The molecule has 1 N–H and O–H groups in total. The Morgan fingerprint density at radius 3 is 2.58 bits per heavy atom. The third kappa shape index (κ3) is 4.42. The zero-order valence-corrected chi connectivity index (χ0v) is 18.9. The number of carbonyl (C=O) groups is 2. The van der Waals surface area contributed by atoms with E-state index in [0.717, 1.165) is 21.9 Å². The number of benzene rings is 1. The summed E-state index contributed by atoms with van der Waals surface area (Å²) in [6, 6.07) is 8.74. The van der Waals surface area contributed by atoms with Gasteiger partial charge in [-0.3, -0.25) is 23.9 Å². The number of nitriles is 1. The maximum atomic E-state index is 12.8. The third-order valence-corrected chi connectivity index (χ3v) is 6.43. The summed E-state index contributed by atoms with van der Waals surface area (Å²) in [7, 11) is 1.28. The normalized spacial score (nSPS) is 14.9. The summed E-state index contributed by atoms with van der Waals surface area (Å²) in [6.07, 6.45) is 1.55. The molecule has 2 heterocycles. The lowest BCUT2D eigenvalue weighted by atomic mass is 10.00. The highest BCUT2D eigenvalue weighted by molar-refractivity contribution is 8.26. The quantitative estimate of drug-likeness (QED) is 0.403. The fourth-order valence-corrected chi connectivity index (χ4v) is 4.53. The van der Waals surface area contributed by atoms with Gasteiger partial charge < -0.3 is 5.11 Å². The van der Waals surface area contributed by atoms with Crippen LogP contribution in [0.4, 0.5) is 0 Å². The van der Waals surface area contributed by atoms with Gasteiger partial charge in [0.05, 0.1) is 10.5 Å². The van der Waals surface area contributed by atoms with E-state index in [1.54, 1.807) is 36.4 Å². The van der Waals surface area contributed by atoms with Gasteiger partial charge in [0.25, 0.3) is 11.5 Å². The number of amides is 1. The van der Waals surface area contributed by atoms with E-state index in [1.807, 2.05) is 0 Å². The predicted octanol–water partition coefficient (Wildman–Crippen LogP) is 3.40. The summed E-state index contributed by atoms with van der Waals surface area (Å²) in [6.45, 7) is 1.44. The van der Waals surface area contributed by atoms with Gasteiger partial charge in [0.2, 0.25) is 5.88 Å². The van der Waals surface area contributed by atoms with Crippen LogP contribution in [0.25, 0.3) is 6.08 Å². The van der Waals surface area contributed by atoms with Crippen LogP contribution in [-0.2, 0) is 11.8 Å². The number of halogens is 1. The molecule has 1 aliphatic heterocycles. The average molecular weight is 474 g/mol. The van der Waals surface area contributed by atoms with Gasteiger partial charge in [-0.15, -0.1) is 0 Å². The number of Topliss-reactive ketones (excluding diaryl/α,β-unsaturated/α-hetero) is 1. The molecular weight excluding hydrogens is 458 g/mol. The molecule has 0 radical (unpaired) electrons. The van der Waals surface area contributed by atoms with E-state index < -0.39 is 17.2 Å². The average Bonchev–Trinajstić information content (AvgIpc) is 2.99. The molecule has 1 fully saturated rings. The molecule has 0 aliphatic carbocycles. The Balaban J connectivity index is 1.80. The first-order valence-corrected chi connectivity index (χ1v) is 10.6. The van der Waals surface area contributed by atoms with Crippen molar-refractivity contribution in [2.24, 2.45) is 7.05 Å². The molecule has 2 aromatic rings. The predicted molar refractivity (Wildman–Crippen MR) is 123 cm³/mol. The zero-order valence-electron chi connectivity index (χ0n) is 16.5. The number of rotatable bonds is 5. The molecule has 0 bridgehead atoms. The van der Waals surface area contributed by atoms with Crippen LogP contribution in [0.3, 0.4) is 0 Å². The lowest BCUT2D eigenvalue weighted by Gasteiger charge is -2.16. The van der Waals surface area contributed by atoms with Gasteiger partial charge in [0.1, 0.15) is 16.0 Å². The van der Waals surface area contributed by atoms with E-state index in [1.165, 1.54) is 18.9 Å². The molecule has 0 saturated carbocycles. The number of pyridine rings is 1. The Kier molecular flexibility index (Phi) is 6.65. The minimum atomic E-state index is -0.682. The number of nitrogens with zero attached hydrogens (tertiary/aromatic N) is 3. The Labute approximate surface area is 192 Å². The summed E-state index contributed by atoms with van der Waals surface area (Å²) in [5, 5.41) is 20.1. The molecule has 7 nitrogen and oxygen atoms in total. The molecule has 1 aromatic carbocycles. The van der Waals surface area contributed by atoms with Crippen LogP contribution in [0.5, 0.6) is 5.88 Å². The van der Waals surface area contributed by atoms with E-state index in [2.05, 4.69) is 0 Å². The lowest BCUT2D eigenvalue weighted by Crippen LogP contribution is -2.31. The topological polar surface area (TPSA) is 103 Å². The SMILES string of the molecule is Cc1c(C(=O)CCN2C(=O)/C(=C/c3ccc(Cl)cc3)SC2=S)c(O)n(C)c(=O)c1C#N. The van der Waals surface area contributed by atoms with Crippen molar-refractivity contribution >= 4 is 57.7 Å². The molecule has 3 rings (SSSR count). The first kappa shape index (κ1) is 22.7. The number of aromatic hydroxyl groups is 1. The molecule has 0 spiro atoms. The number of thioether (sulfide) groups is 1. The second-order valence-electron chi connectivity index (χ2n) is 6.73. The van der Waals surface area contributed by atoms with Crippen molar-refractivity contribution in [2.75, 3.05) is 6.54 Å². The highest BCUT2D eigenvalue weighted by Crippen LogP contribution is 2.33. The van der Waals surface area contributed by atoms with E-state index in [-0.39, 0.29) is 35.6 Å². The van der Waals surface area contributed by atoms with Crippen molar-refractivity contribution in [3.05, 3.63) is 66.8 Å². The molecule has 0 unspecified atom stereocenters. The van der Waals surface area contributed by atoms with Crippen molar-refractivity contribution in [2.45, 2.75) is 13.3 Å². The number of carbonyl (C=O) groups excluding carboxylic acids is 2. The van der Waals surface area contributed by atoms with E-state index in [4.69, 9.17) is 23.8 Å². The van der Waals surface area contributed by atoms with Gasteiger partial charge in [-0.1, -0.05) is 47.7 Å². The maximum Gasteiger partial charge on any atom is 0.271 e. The summed E-state index contributed by atoms with van der Waals surface area (Å²) in [4.78, 5) is 39.3. The smallest absolute Gasteiger partial charge is 0.271 e. The molecule has 0 atom stereocenters. The highest BCUT2D eigenvalue weighted by Gasteiger charge is 2.33. The second-order valence-corrected chi connectivity index (χ2v) is 8.84. The number of hydrogen-bond acceptors (Lipinski definition) is 7. The molecular formula is C21H16ClN3O4S2. The van der Waals surface area contributed by atoms with Crippen molar-refractivity contribution in [1.82, 2.24) is 9.47 Å². The molecule has 1 amide bonds. The number of hydrogen-bond donors (Lipinski definition) is 1. The molecule has 1 aromatic heterocycles. The lowest BCUT2D eigenvalue weighted by molar-refractivity contribution is -0.122. The molecule has 31 heavy (non-hydrogen) atoms. The van der Waals surface area contributed by atoms with E-state index in [0.29, 0.717) is 14.2 Å². The van der Waals surface area contributed by atoms with Crippen LogP contribution in [0.2, 0.25) is 5.02 Å². The monoisotopic (exact) mass is 473 g/mol. The summed E-state index contributed by atoms with van der Waals surface area (Å²) >= 11 is 12.3. The van der Waals surface area contributed by atoms with Crippen LogP contribution in [0.15, 0.2) is 34.0 Å². The van der Waals surface area contributed by atoms with E-state index >= 15 is 0 Å². The minimum absolute atomic E-state index is 0.00503. The van der Waals surface area contributed by atoms with Crippen LogP contribution in [-0.4, -0.2) is 37.1 Å². The van der Waals surface area contributed by atoms with Crippen LogP contribution < -0.4 is 5.56 Å². The Morgan fingerprint density at radius 1 is 1.32 bits per heavy atom. The minimum Gasteiger partial charge on any atom is -0.494 e. The summed E-state index contributed by atoms with van der Waals surface area (Å²) in [5.74, 6) is -1.34. The summed E-state index contributed by atoms with van der Waals surface area (Å²) < 4.78 is 1.17. The van der Waals surface area contributed by atoms with Crippen molar-refractivity contribution in [1.29, 1.82) is 5.26 Å². The Hall–Kier alpha value is -2.93. The fourth-order valence-electron chi connectivity index (χ4n) is 3.09. The van der Waals surface area contributed by atoms with Gasteiger partial charge in [-0.2, -0.15) is 5.26 Å². The Bertz CT molecular complexity index is 1240. The van der Waals surface area contributed by atoms with E-state index in [9.17, 15) is 24.8 Å². The fraction of sp³-hybridized carbons (Fsp3) is 0.190. The second kappa shape index (κ2) is 9.06. The maximum absolute atomic E-state index is 12.8. The summed E-state index contributed by atoms with van der Waals surface area (Å²) in [5.41, 5.74) is -0.101. The van der Waals surface area contributed by atoms with Crippen LogP contribution in [0, 0.1) is 18.3 Å². The standard InChI is InChI=1S/C21H16ClN3O4S2/c1-11-14(10-23)18(27)24(2)20(29)17(11)15(26)7-8-25-19(28)16(31-21(25)30)9-12-3-5-13(22)6-4-12/h3-6,9,29H,7-8H2,1-2H3/b16-9-. The van der Waals surface area contributed by atoms with Crippen molar-refractivity contribution < 1.29 is 14.7 Å². The Morgan fingerprint density at radius 2 is 1.97 bits per heavy atom. The van der Waals surface area contributed by atoms with Crippen LogP contribution in [0.1, 0.15) is 33.5 Å². The van der Waals surface area contributed by atoms with Gasteiger partial charge >= 0.3 is 0 Å². The van der Waals surface area contributed by atoms with Crippen molar-refractivity contribution in [3.63, 3.8) is 0 Å². The zero-order chi connectivity index (χ0) is 22.9. The molecule has 158 valence electrons. The first-order chi connectivity index (χ1) is 14.6. The van der Waals surface area contributed by atoms with Crippen molar-refractivity contribution in [3.8, 4) is 11.9 Å². The number of aromatic nitrogens is 1. The number of ketones is 1. The third-order valence-electron chi connectivity index (χ3n) is 4.80. The van der Waals surface area contributed by atoms with Gasteiger partial charge in [0.15, 0.2) is 5.78 Å². The molecule has 1 saturated heterocycles. The van der Waals surface area contributed by atoms with Gasteiger partial charge in [-0.25, -0.2) is 0 Å². The van der Waals surface area contributed by atoms with Gasteiger partial charge in [-0.05, 0) is 36.3 Å². The first-order valence-electron chi connectivity index (χ1n) is 9.02. The largest absolute Gasteiger partial charge is 0.494 e.